The number of benzene rings is 3. The summed E-state index contributed by atoms with van der Waals surface area (Å²) >= 11 is 0. The van der Waals surface area contributed by atoms with Gasteiger partial charge in [-0.25, -0.2) is 9.37 Å². The Kier molecular flexibility index (Phi) is 5.76. The molecule has 184 valence electrons. The molecule has 3 heterocycles. The molecule has 0 amide bonds. The third-order valence-corrected chi connectivity index (χ3v) is 7.19. The van der Waals surface area contributed by atoms with Crippen LogP contribution >= 0.6 is 0 Å². The molecule has 0 aliphatic carbocycles. The van der Waals surface area contributed by atoms with Gasteiger partial charge in [-0.05, 0) is 61.8 Å². The number of hydrogen-bond acceptors (Lipinski definition) is 3. The lowest BCUT2D eigenvalue weighted by atomic mass is 9.95. The molecule has 36 heavy (non-hydrogen) atoms. The minimum Gasteiger partial charge on any atom is -0.299 e. The van der Waals surface area contributed by atoms with Gasteiger partial charge in [0, 0.05) is 30.5 Å². The predicted molar refractivity (Wildman–Crippen MR) is 134 cm³/mol. The van der Waals surface area contributed by atoms with E-state index in [1.165, 1.54) is 12.1 Å². The Balaban J connectivity index is 1.19. The number of aryl methyl sites for hydroxylation is 1. The second-order valence-corrected chi connectivity index (χ2v) is 9.49. The van der Waals surface area contributed by atoms with Crippen molar-refractivity contribution in [3.63, 3.8) is 0 Å². The van der Waals surface area contributed by atoms with Crippen LogP contribution in [0.25, 0.3) is 33.2 Å². The van der Waals surface area contributed by atoms with Crippen molar-refractivity contribution in [1.82, 2.24) is 24.2 Å². The average molecular weight is 490 g/mol. The molecule has 5 aromatic rings. The number of fused-ring (bicyclic) bond motifs is 2. The number of nitrogens with zero attached hydrogens (tertiary/aromatic N) is 5. The van der Waals surface area contributed by atoms with Crippen LogP contribution in [0.15, 0.2) is 66.7 Å². The van der Waals surface area contributed by atoms with E-state index >= 15 is 0 Å². The molecular formula is C28H26F3N5. The highest BCUT2D eigenvalue weighted by Gasteiger charge is 2.28. The molecule has 2 aromatic heterocycles. The lowest BCUT2D eigenvalue weighted by Crippen LogP contribution is -2.33. The number of piperidine rings is 1. The summed E-state index contributed by atoms with van der Waals surface area (Å²) in [7, 11) is 1.90. The third kappa shape index (κ3) is 4.05. The fourth-order valence-corrected chi connectivity index (χ4v) is 5.41. The van der Waals surface area contributed by atoms with Crippen molar-refractivity contribution >= 4 is 21.9 Å². The van der Waals surface area contributed by atoms with Crippen LogP contribution in [0.1, 0.15) is 36.7 Å². The maximum atomic E-state index is 13.9. The van der Waals surface area contributed by atoms with Gasteiger partial charge in [0.2, 0.25) is 0 Å². The number of imidazole rings is 1. The van der Waals surface area contributed by atoms with Crippen LogP contribution < -0.4 is 0 Å². The highest BCUT2D eigenvalue weighted by Crippen LogP contribution is 2.34. The van der Waals surface area contributed by atoms with E-state index in [0.29, 0.717) is 16.9 Å². The fourth-order valence-electron chi connectivity index (χ4n) is 5.41. The maximum Gasteiger partial charge on any atom is 0.320 e. The molecule has 0 bridgehead atoms. The highest BCUT2D eigenvalue weighted by molar-refractivity contribution is 5.93. The molecule has 0 unspecified atom stereocenters. The second kappa shape index (κ2) is 9.09. The van der Waals surface area contributed by atoms with Gasteiger partial charge in [-0.15, -0.1) is 0 Å². The summed E-state index contributed by atoms with van der Waals surface area (Å²) < 4.78 is 44.5. The molecule has 0 saturated carbocycles. The van der Waals surface area contributed by atoms with Gasteiger partial charge in [-0.2, -0.15) is 13.9 Å². The van der Waals surface area contributed by atoms with E-state index in [1.54, 1.807) is 24.3 Å². The zero-order valence-corrected chi connectivity index (χ0v) is 19.9. The Morgan fingerprint density at radius 1 is 0.944 bits per heavy atom. The molecule has 1 fully saturated rings. The van der Waals surface area contributed by atoms with Gasteiger partial charge < -0.3 is 0 Å². The molecule has 6 rings (SSSR count). The van der Waals surface area contributed by atoms with Gasteiger partial charge in [0.05, 0.1) is 16.6 Å². The Morgan fingerprint density at radius 2 is 1.75 bits per heavy atom. The third-order valence-electron chi connectivity index (χ3n) is 7.19. The van der Waals surface area contributed by atoms with Gasteiger partial charge in [0.25, 0.3) is 0 Å². The number of likely N-dealkylation sites (tertiary alicyclic amines) is 1. The molecule has 3 aromatic carbocycles. The summed E-state index contributed by atoms with van der Waals surface area (Å²) in [4.78, 5) is 6.93. The topological polar surface area (TPSA) is 38.9 Å². The van der Waals surface area contributed by atoms with Crippen LogP contribution in [0.3, 0.4) is 0 Å². The van der Waals surface area contributed by atoms with E-state index in [-0.39, 0.29) is 11.7 Å². The molecule has 0 N–H and O–H groups in total. The van der Waals surface area contributed by atoms with E-state index in [1.807, 2.05) is 23.9 Å². The Bertz CT molecular complexity index is 1550. The highest BCUT2D eigenvalue weighted by atomic mass is 19.3. The monoisotopic (exact) mass is 489 g/mol. The first kappa shape index (κ1) is 22.8. The molecule has 1 saturated heterocycles. The van der Waals surface area contributed by atoms with Crippen LogP contribution in [-0.2, 0) is 13.6 Å². The van der Waals surface area contributed by atoms with Gasteiger partial charge in [0.15, 0.2) is 0 Å². The van der Waals surface area contributed by atoms with E-state index < -0.39 is 6.55 Å². The SMILES string of the molecule is Cn1nc(-c2cccc(F)c2)c2ccc(CN3CCC(c4nc5ccccc5n4C(F)F)CC3)cc21. The predicted octanol–water partition coefficient (Wildman–Crippen LogP) is 6.50. The smallest absolute Gasteiger partial charge is 0.299 e. The molecule has 0 spiro atoms. The van der Waals surface area contributed by atoms with Crippen molar-refractivity contribution in [3.05, 3.63) is 83.9 Å². The van der Waals surface area contributed by atoms with Crippen LogP contribution in [-0.4, -0.2) is 37.3 Å². The zero-order chi connectivity index (χ0) is 24.8. The Morgan fingerprint density at radius 3 is 2.53 bits per heavy atom. The number of alkyl halides is 2. The van der Waals surface area contributed by atoms with Crippen molar-refractivity contribution in [2.24, 2.45) is 7.05 Å². The summed E-state index contributed by atoms with van der Waals surface area (Å²) in [5.74, 6) is 0.221. The van der Waals surface area contributed by atoms with Crippen molar-refractivity contribution in [3.8, 4) is 11.3 Å². The van der Waals surface area contributed by atoms with Crippen molar-refractivity contribution in [1.29, 1.82) is 0 Å². The number of halogens is 3. The summed E-state index contributed by atoms with van der Waals surface area (Å²) in [6.07, 6.45) is 1.57. The lowest BCUT2D eigenvalue weighted by molar-refractivity contribution is 0.0681. The molecule has 1 aliphatic heterocycles. The molecule has 0 radical (unpaired) electrons. The van der Waals surface area contributed by atoms with E-state index in [0.717, 1.165) is 64.8 Å². The van der Waals surface area contributed by atoms with Gasteiger partial charge in [-0.3, -0.25) is 14.1 Å². The molecule has 0 atom stereocenters. The van der Waals surface area contributed by atoms with Gasteiger partial charge in [0.1, 0.15) is 17.3 Å². The van der Waals surface area contributed by atoms with Gasteiger partial charge >= 0.3 is 6.55 Å². The minimum absolute atomic E-state index is 0.0102. The maximum absolute atomic E-state index is 13.9. The minimum atomic E-state index is -2.60. The largest absolute Gasteiger partial charge is 0.320 e. The Labute approximate surface area is 206 Å². The van der Waals surface area contributed by atoms with Crippen LogP contribution in [0.5, 0.6) is 0 Å². The second-order valence-electron chi connectivity index (χ2n) is 9.49. The standard InChI is InChI=1S/C28H26F3N5/c1-34-25-15-18(9-10-22(25)26(33-34)20-5-4-6-21(29)16-20)17-35-13-11-19(12-14-35)27-32-23-7-2-3-8-24(23)36(27)28(30)31/h2-10,15-16,19,28H,11-14,17H2,1H3. The summed E-state index contributed by atoms with van der Waals surface area (Å²) in [5.41, 5.74) is 4.79. The first-order chi connectivity index (χ1) is 17.5. The van der Waals surface area contributed by atoms with Gasteiger partial charge in [-0.1, -0.05) is 36.4 Å². The normalized spacial score (nSPS) is 15.5. The van der Waals surface area contributed by atoms with E-state index in [4.69, 9.17) is 0 Å². The molecule has 8 heteroatoms. The molecule has 5 nitrogen and oxygen atoms in total. The first-order valence-corrected chi connectivity index (χ1v) is 12.2. The van der Waals surface area contributed by atoms with Crippen LogP contribution in [0.4, 0.5) is 13.2 Å². The summed E-state index contributed by atoms with van der Waals surface area (Å²) in [5, 5.41) is 5.62. The van der Waals surface area contributed by atoms with Crippen LogP contribution in [0, 0.1) is 5.82 Å². The van der Waals surface area contributed by atoms with Crippen molar-refractivity contribution < 1.29 is 13.2 Å². The van der Waals surface area contributed by atoms with E-state index in [9.17, 15) is 13.2 Å². The fraction of sp³-hybridized carbons (Fsp3) is 0.286. The quantitative estimate of drug-likeness (QED) is 0.283. The number of hydrogen-bond donors (Lipinski definition) is 0. The zero-order valence-electron chi connectivity index (χ0n) is 19.9. The van der Waals surface area contributed by atoms with Crippen molar-refractivity contribution in [2.45, 2.75) is 31.9 Å². The average Bonchev–Trinajstić information content (AvgIpc) is 3.43. The summed E-state index contributed by atoms with van der Waals surface area (Å²) in [6.45, 7) is -0.202. The van der Waals surface area contributed by atoms with E-state index in [2.05, 4.69) is 33.2 Å². The lowest BCUT2D eigenvalue weighted by Gasteiger charge is -2.32. The number of rotatable bonds is 5. The number of para-hydroxylation sites is 2. The van der Waals surface area contributed by atoms with Crippen molar-refractivity contribution in [2.75, 3.05) is 13.1 Å². The van der Waals surface area contributed by atoms with Crippen LogP contribution in [0.2, 0.25) is 0 Å². The first-order valence-electron chi connectivity index (χ1n) is 12.2. The Hall–Kier alpha value is -3.65. The summed E-state index contributed by atoms with van der Waals surface area (Å²) in [6, 6.07) is 19.9. The molecule has 1 aliphatic rings. The molecular weight excluding hydrogens is 463 g/mol. The number of aromatic nitrogens is 4.